The van der Waals surface area contributed by atoms with Gasteiger partial charge in [0.1, 0.15) is 5.60 Å². The lowest BCUT2D eigenvalue weighted by atomic mass is 9.77. The highest BCUT2D eigenvalue weighted by Crippen LogP contribution is 2.39. The second-order valence-corrected chi connectivity index (χ2v) is 9.30. The molecule has 0 N–H and O–H groups in total. The molecule has 0 bridgehead atoms. The van der Waals surface area contributed by atoms with Gasteiger partial charge in [-0.3, -0.25) is 0 Å². The van der Waals surface area contributed by atoms with Crippen molar-refractivity contribution < 1.29 is 18.8 Å². The molecule has 6 heteroatoms. The summed E-state index contributed by atoms with van der Waals surface area (Å²) >= 11 is 0. The largest absolute Gasteiger partial charge is 0.494 e. The standard InChI is InChI=1S/C21H34BNO4/c1-10-16-11-12-23(18(24)25-19(3,4)5)14-17(16)13-15(2)22-26-20(6,7)21(8,9)27-22/h10,13H,2,11-12,14H2,1,3-9H3/b16-10-,17-13-. The molecule has 0 radical (unpaired) electrons. The number of hydrogen-bond acceptors (Lipinski definition) is 4. The first-order chi connectivity index (χ1) is 12.3. The molecular weight excluding hydrogens is 341 g/mol. The maximum atomic E-state index is 12.5. The van der Waals surface area contributed by atoms with E-state index < -0.39 is 23.9 Å². The summed E-state index contributed by atoms with van der Waals surface area (Å²) in [6.45, 7) is 21.1. The van der Waals surface area contributed by atoms with Crippen LogP contribution in [0.25, 0.3) is 0 Å². The van der Waals surface area contributed by atoms with Gasteiger partial charge in [-0.1, -0.05) is 18.7 Å². The normalized spacial score (nSPS) is 25.2. The van der Waals surface area contributed by atoms with Gasteiger partial charge in [0.05, 0.1) is 11.2 Å². The van der Waals surface area contributed by atoms with E-state index in [0.29, 0.717) is 13.1 Å². The van der Waals surface area contributed by atoms with Crippen LogP contribution in [0.2, 0.25) is 0 Å². The summed E-state index contributed by atoms with van der Waals surface area (Å²) < 4.78 is 17.7. The molecule has 150 valence electrons. The van der Waals surface area contributed by atoms with Gasteiger partial charge in [-0.2, -0.15) is 0 Å². The number of amides is 1. The average molecular weight is 375 g/mol. The Balaban J connectivity index is 2.16. The molecule has 2 rings (SSSR count). The zero-order chi connectivity index (χ0) is 20.6. The number of nitrogens with zero attached hydrogens (tertiary/aromatic N) is 1. The fourth-order valence-corrected chi connectivity index (χ4v) is 3.04. The summed E-state index contributed by atoms with van der Waals surface area (Å²) in [4.78, 5) is 14.2. The van der Waals surface area contributed by atoms with Crippen LogP contribution in [-0.4, -0.2) is 48.0 Å². The first-order valence-corrected chi connectivity index (χ1v) is 9.64. The Bertz CT molecular complexity index is 654. The number of likely N-dealkylation sites (tertiary alicyclic amines) is 1. The molecular formula is C21H34BNO4. The Morgan fingerprint density at radius 1 is 1.19 bits per heavy atom. The SMILES string of the molecule is C=C(/C=C1/CN(C(=O)OC(C)(C)C)CC/C1=C/C)B1OC(C)(C)C(C)(C)O1. The first kappa shape index (κ1) is 21.8. The zero-order valence-electron chi connectivity index (χ0n) is 18.1. The molecule has 0 aromatic rings. The number of piperidine rings is 1. The van der Waals surface area contributed by atoms with Crippen LogP contribution in [-0.2, 0) is 14.0 Å². The maximum absolute atomic E-state index is 12.5. The summed E-state index contributed by atoms with van der Waals surface area (Å²) in [5.74, 6) is 0. The van der Waals surface area contributed by atoms with E-state index in [4.69, 9.17) is 14.0 Å². The molecule has 2 aliphatic heterocycles. The van der Waals surface area contributed by atoms with Gasteiger partial charge in [0.2, 0.25) is 0 Å². The maximum Gasteiger partial charge on any atom is 0.494 e. The predicted octanol–water partition coefficient (Wildman–Crippen LogP) is 4.69. The van der Waals surface area contributed by atoms with Crippen molar-refractivity contribution in [2.75, 3.05) is 13.1 Å². The van der Waals surface area contributed by atoms with Crippen molar-refractivity contribution in [3.05, 3.63) is 35.3 Å². The van der Waals surface area contributed by atoms with Crippen LogP contribution < -0.4 is 0 Å². The second kappa shape index (κ2) is 7.48. The van der Waals surface area contributed by atoms with Gasteiger partial charge in [-0.25, -0.2) is 4.79 Å². The third kappa shape index (κ3) is 5.05. The molecule has 0 atom stereocenters. The van der Waals surface area contributed by atoms with Crippen molar-refractivity contribution in [1.82, 2.24) is 4.90 Å². The molecule has 2 aliphatic rings. The first-order valence-electron chi connectivity index (χ1n) is 9.64. The Hall–Kier alpha value is -1.53. The minimum absolute atomic E-state index is 0.287. The highest BCUT2D eigenvalue weighted by Gasteiger charge is 2.51. The van der Waals surface area contributed by atoms with E-state index in [1.54, 1.807) is 4.90 Å². The van der Waals surface area contributed by atoms with Crippen LogP contribution in [0.3, 0.4) is 0 Å². The average Bonchev–Trinajstić information content (AvgIpc) is 2.73. The van der Waals surface area contributed by atoms with Gasteiger partial charge < -0.3 is 18.9 Å². The summed E-state index contributed by atoms with van der Waals surface area (Å²) in [7, 11) is -0.488. The lowest BCUT2D eigenvalue weighted by Crippen LogP contribution is -2.41. The van der Waals surface area contributed by atoms with Crippen molar-refractivity contribution >= 4 is 13.2 Å². The quantitative estimate of drug-likeness (QED) is 0.657. The summed E-state index contributed by atoms with van der Waals surface area (Å²) in [6, 6.07) is 0. The van der Waals surface area contributed by atoms with Crippen LogP contribution in [0, 0.1) is 0 Å². The van der Waals surface area contributed by atoms with Crippen molar-refractivity contribution in [1.29, 1.82) is 0 Å². The number of ether oxygens (including phenoxy) is 1. The van der Waals surface area contributed by atoms with Gasteiger partial charge >= 0.3 is 13.2 Å². The molecule has 0 saturated carbocycles. The number of rotatable bonds is 2. The molecule has 1 amide bonds. The Morgan fingerprint density at radius 3 is 2.22 bits per heavy atom. The number of carbonyl (C=O) groups is 1. The van der Waals surface area contributed by atoms with E-state index in [-0.39, 0.29) is 6.09 Å². The van der Waals surface area contributed by atoms with Crippen molar-refractivity contribution in [2.24, 2.45) is 0 Å². The fraction of sp³-hybridized carbons (Fsp3) is 0.667. The van der Waals surface area contributed by atoms with Crippen LogP contribution in [0.1, 0.15) is 61.8 Å². The predicted molar refractivity (Wildman–Crippen MR) is 109 cm³/mol. The van der Waals surface area contributed by atoms with E-state index in [2.05, 4.69) is 12.7 Å². The second-order valence-electron chi connectivity index (χ2n) is 9.30. The Labute approximate surface area is 164 Å². The highest BCUT2D eigenvalue weighted by molar-refractivity contribution is 6.55. The number of allylic oxidation sites excluding steroid dienone is 3. The Morgan fingerprint density at radius 2 is 1.74 bits per heavy atom. The molecule has 2 fully saturated rings. The summed E-state index contributed by atoms with van der Waals surface area (Å²) in [6.07, 6.45) is 4.59. The third-order valence-corrected chi connectivity index (χ3v) is 5.34. The monoisotopic (exact) mass is 375 g/mol. The summed E-state index contributed by atoms with van der Waals surface area (Å²) in [5, 5.41) is 0. The molecule has 0 spiro atoms. The molecule has 2 saturated heterocycles. The van der Waals surface area contributed by atoms with E-state index >= 15 is 0 Å². The van der Waals surface area contributed by atoms with Crippen molar-refractivity contribution in [3.8, 4) is 0 Å². The van der Waals surface area contributed by atoms with E-state index in [0.717, 1.165) is 17.5 Å². The third-order valence-electron chi connectivity index (χ3n) is 5.34. The van der Waals surface area contributed by atoms with Crippen LogP contribution in [0.4, 0.5) is 4.79 Å². The van der Waals surface area contributed by atoms with Crippen molar-refractivity contribution in [2.45, 2.75) is 78.6 Å². The molecule has 5 nitrogen and oxygen atoms in total. The zero-order valence-corrected chi connectivity index (χ0v) is 18.1. The molecule has 0 aromatic heterocycles. The smallest absolute Gasteiger partial charge is 0.444 e. The van der Waals surface area contributed by atoms with Crippen LogP contribution >= 0.6 is 0 Å². The van der Waals surface area contributed by atoms with Gasteiger partial charge in [0.25, 0.3) is 0 Å². The summed E-state index contributed by atoms with van der Waals surface area (Å²) in [5.41, 5.74) is 1.71. The van der Waals surface area contributed by atoms with Crippen LogP contribution in [0.5, 0.6) is 0 Å². The molecule has 27 heavy (non-hydrogen) atoms. The fourth-order valence-electron chi connectivity index (χ4n) is 3.04. The van der Waals surface area contributed by atoms with Gasteiger partial charge in [0.15, 0.2) is 0 Å². The molecule has 0 aliphatic carbocycles. The topological polar surface area (TPSA) is 48.0 Å². The minimum atomic E-state index is -0.506. The number of hydrogen-bond donors (Lipinski definition) is 0. The van der Waals surface area contributed by atoms with Crippen molar-refractivity contribution in [3.63, 3.8) is 0 Å². The molecule has 0 aromatic carbocycles. The minimum Gasteiger partial charge on any atom is -0.444 e. The van der Waals surface area contributed by atoms with E-state index in [1.807, 2.05) is 61.5 Å². The van der Waals surface area contributed by atoms with Gasteiger partial charge in [-0.05, 0) is 78.4 Å². The van der Waals surface area contributed by atoms with E-state index in [1.165, 1.54) is 5.57 Å². The Kier molecular flexibility index (Phi) is 6.03. The molecule has 0 unspecified atom stereocenters. The molecule has 2 heterocycles. The lowest BCUT2D eigenvalue weighted by Gasteiger charge is -2.32. The van der Waals surface area contributed by atoms with Gasteiger partial charge in [-0.15, -0.1) is 0 Å². The van der Waals surface area contributed by atoms with Crippen LogP contribution in [0.15, 0.2) is 35.3 Å². The lowest BCUT2D eigenvalue weighted by molar-refractivity contribution is 0.00578. The highest BCUT2D eigenvalue weighted by atomic mass is 16.7. The number of carbonyl (C=O) groups excluding carboxylic acids is 1. The van der Waals surface area contributed by atoms with E-state index in [9.17, 15) is 4.79 Å². The van der Waals surface area contributed by atoms with Gasteiger partial charge in [0, 0.05) is 13.1 Å².